The minimum atomic E-state index is -0.753. The number of fused-ring (bicyclic) bond motifs is 1. The zero-order chi connectivity index (χ0) is 18.1. The van der Waals surface area contributed by atoms with E-state index in [1.807, 2.05) is 41.3 Å². The number of hydrogen-bond donors (Lipinski definition) is 1. The molecule has 0 aliphatic carbocycles. The van der Waals surface area contributed by atoms with Crippen LogP contribution < -0.4 is 0 Å². The number of carboxylic acids is 1. The van der Waals surface area contributed by atoms with Crippen molar-refractivity contribution in [1.82, 2.24) is 14.5 Å². The zero-order valence-electron chi connectivity index (χ0n) is 14.3. The van der Waals surface area contributed by atoms with Crippen molar-refractivity contribution in [3.63, 3.8) is 0 Å². The molecule has 1 unspecified atom stereocenters. The lowest BCUT2D eigenvalue weighted by Crippen LogP contribution is -2.36. The Morgan fingerprint density at radius 2 is 2.00 bits per heavy atom. The summed E-state index contributed by atoms with van der Waals surface area (Å²) in [5.41, 5.74) is 3.04. The topological polar surface area (TPSA) is 58.4 Å². The second kappa shape index (κ2) is 7.09. The number of likely N-dealkylation sites (tertiary alicyclic amines) is 1. The van der Waals surface area contributed by atoms with Gasteiger partial charge in [0.2, 0.25) is 0 Å². The Kier molecular flexibility index (Phi) is 4.66. The molecule has 134 valence electrons. The van der Waals surface area contributed by atoms with Crippen LogP contribution in [-0.2, 0) is 17.9 Å². The number of hydrogen-bond acceptors (Lipinski definition) is 3. The molecule has 3 aromatic rings. The standard InChI is InChI=1S/C20H20ClN3O2/c21-15-8-9-17-16(11-15)22-19(13-23-10-4-7-18(23)20(25)26)24(17)12-14-5-2-1-3-6-14/h1-3,5-6,8-9,11,18H,4,7,10,12-13H2,(H,25,26). The summed E-state index contributed by atoms with van der Waals surface area (Å²) in [5, 5.41) is 10.1. The van der Waals surface area contributed by atoms with Gasteiger partial charge in [-0.1, -0.05) is 41.9 Å². The van der Waals surface area contributed by atoms with Gasteiger partial charge in [0.05, 0.1) is 17.6 Å². The van der Waals surface area contributed by atoms with Gasteiger partial charge in [0, 0.05) is 11.6 Å². The first-order chi connectivity index (χ1) is 12.6. The van der Waals surface area contributed by atoms with Crippen LogP contribution in [0.3, 0.4) is 0 Å². The highest BCUT2D eigenvalue weighted by Gasteiger charge is 2.31. The lowest BCUT2D eigenvalue weighted by atomic mass is 10.2. The number of nitrogens with zero attached hydrogens (tertiary/aromatic N) is 3. The van der Waals surface area contributed by atoms with E-state index >= 15 is 0 Å². The molecule has 2 heterocycles. The molecule has 1 aromatic heterocycles. The Labute approximate surface area is 156 Å². The molecular formula is C20H20ClN3O2. The van der Waals surface area contributed by atoms with E-state index in [1.54, 1.807) is 0 Å². The van der Waals surface area contributed by atoms with Crippen LogP contribution in [0.5, 0.6) is 0 Å². The fraction of sp³-hybridized carbons (Fsp3) is 0.300. The van der Waals surface area contributed by atoms with Crippen molar-refractivity contribution in [1.29, 1.82) is 0 Å². The molecule has 1 aliphatic rings. The van der Waals surface area contributed by atoms with Crippen LogP contribution in [-0.4, -0.2) is 38.1 Å². The second-order valence-corrected chi connectivity index (χ2v) is 7.14. The summed E-state index contributed by atoms with van der Waals surface area (Å²) in [6, 6.07) is 15.5. The number of rotatable bonds is 5. The summed E-state index contributed by atoms with van der Waals surface area (Å²) in [4.78, 5) is 18.3. The van der Waals surface area contributed by atoms with Crippen molar-refractivity contribution in [3.8, 4) is 0 Å². The third-order valence-corrected chi connectivity index (χ3v) is 5.20. The summed E-state index contributed by atoms with van der Waals surface area (Å²) in [7, 11) is 0. The lowest BCUT2D eigenvalue weighted by molar-refractivity contribution is -0.142. The number of aliphatic carboxylic acids is 1. The summed E-state index contributed by atoms with van der Waals surface area (Å²) in [6.45, 7) is 2.00. The van der Waals surface area contributed by atoms with Crippen LogP contribution in [0, 0.1) is 0 Å². The van der Waals surface area contributed by atoms with Crippen LogP contribution >= 0.6 is 11.6 Å². The summed E-state index contributed by atoms with van der Waals surface area (Å²) >= 11 is 6.14. The minimum Gasteiger partial charge on any atom is -0.480 e. The first-order valence-electron chi connectivity index (χ1n) is 8.77. The molecule has 1 aliphatic heterocycles. The quantitative estimate of drug-likeness (QED) is 0.743. The Bertz CT molecular complexity index is 939. The summed E-state index contributed by atoms with van der Waals surface area (Å²) < 4.78 is 2.16. The molecule has 5 nitrogen and oxygen atoms in total. The number of aromatic nitrogens is 2. The van der Waals surface area contributed by atoms with Gasteiger partial charge in [-0.05, 0) is 43.1 Å². The van der Waals surface area contributed by atoms with Crippen molar-refractivity contribution in [2.24, 2.45) is 0 Å². The Balaban J connectivity index is 1.73. The highest BCUT2D eigenvalue weighted by atomic mass is 35.5. The van der Waals surface area contributed by atoms with E-state index in [9.17, 15) is 9.90 Å². The Morgan fingerprint density at radius 1 is 1.19 bits per heavy atom. The van der Waals surface area contributed by atoms with Gasteiger partial charge in [-0.3, -0.25) is 9.69 Å². The lowest BCUT2D eigenvalue weighted by Gasteiger charge is -2.21. The van der Waals surface area contributed by atoms with Crippen molar-refractivity contribution < 1.29 is 9.90 Å². The molecule has 26 heavy (non-hydrogen) atoms. The van der Waals surface area contributed by atoms with Gasteiger partial charge in [-0.15, -0.1) is 0 Å². The summed E-state index contributed by atoms with van der Waals surface area (Å²) in [6.07, 6.45) is 1.60. The van der Waals surface area contributed by atoms with Gasteiger partial charge in [0.25, 0.3) is 0 Å². The predicted molar refractivity (Wildman–Crippen MR) is 101 cm³/mol. The molecule has 2 aromatic carbocycles. The maximum absolute atomic E-state index is 11.5. The first-order valence-corrected chi connectivity index (χ1v) is 9.15. The second-order valence-electron chi connectivity index (χ2n) is 6.70. The van der Waals surface area contributed by atoms with Gasteiger partial charge in [0.15, 0.2) is 0 Å². The number of carboxylic acid groups (broad SMARTS) is 1. The monoisotopic (exact) mass is 369 g/mol. The fourth-order valence-electron chi connectivity index (χ4n) is 3.69. The van der Waals surface area contributed by atoms with Crippen LogP contribution in [0.4, 0.5) is 0 Å². The highest BCUT2D eigenvalue weighted by molar-refractivity contribution is 6.31. The molecule has 1 atom stereocenters. The largest absolute Gasteiger partial charge is 0.480 e. The molecule has 0 radical (unpaired) electrons. The minimum absolute atomic E-state index is 0.427. The van der Waals surface area contributed by atoms with Crippen LogP contribution in [0.1, 0.15) is 24.2 Å². The van der Waals surface area contributed by atoms with Crippen molar-refractivity contribution in [2.75, 3.05) is 6.54 Å². The molecule has 1 fully saturated rings. The molecule has 6 heteroatoms. The Hall–Kier alpha value is -2.37. The number of benzene rings is 2. The molecule has 0 amide bonds. The van der Waals surface area contributed by atoms with E-state index in [4.69, 9.17) is 16.6 Å². The van der Waals surface area contributed by atoms with Crippen molar-refractivity contribution >= 4 is 28.6 Å². The molecule has 0 saturated carbocycles. The number of halogens is 1. The molecule has 4 rings (SSSR count). The third-order valence-electron chi connectivity index (χ3n) is 4.97. The predicted octanol–water partition coefficient (Wildman–Crippen LogP) is 3.79. The van der Waals surface area contributed by atoms with Gasteiger partial charge in [-0.25, -0.2) is 4.98 Å². The van der Waals surface area contributed by atoms with E-state index in [0.29, 0.717) is 24.5 Å². The van der Waals surface area contributed by atoms with E-state index < -0.39 is 12.0 Å². The maximum Gasteiger partial charge on any atom is 0.320 e. The van der Waals surface area contributed by atoms with Gasteiger partial charge in [0.1, 0.15) is 11.9 Å². The maximum atomic E-state index is 11.5. The SMILES string of the molecule is O=C(O)C1CCCN1Cc1nc2cc(Cl)ccc2n1Cc1ccccc1. The zero-order valence-corrected chi connectivity index (χ0v) is 15.1. The summed E-state index contributed by atoms with van der Waals surface area (Å²) in [5.74, 6) is 0.121. The average molecular weight is 370 g/mol. The van der Waals surface area contributed by atoms with E-state index in [-0.39, 0.29) is 0 Å². The molecule has 1 N–H and O–H groups in total. The normalized spacial score (nSPS) is 17.8. The molecule has 1 saturated heterocycles. The van der Waals surface area contributed by atoms with Crippen molar-refractivity contribution in [3.05, 3.63) is 64.9 Å². The third kappa shape index (κ3) is 3.32. The van der Waals surface area contributed by atoms with Crippen LogP contribution in [0.2, 0.25) is 5.02 Å². The Morgan fingerprint density at radius 3 is 2.77 bits per heavy atom. The van der Waals surface area contributed by atoms with Gasteiger partial charge < -0.3 is 9.67 Å². The van der Waals surface area contributed by atoms with Gasteiger partial charge in [-0.2, -0.15) is 0 Å². The van der Waals surface area contributed by atoms with E-state index in [2.05, 4.69) is 16.7 Å². The highest BCUT2D eigenvalue weighted by Crippen LogP contribution is 2.25. The number of imidazole rings is 1. The molecule has 0 spiro atoms. The average Bonchev–Trinajstić information content (AvgIpc) is 3.21. The number of carbonyl (C=O) groups is 1. The van der Waals surface area contributed by atoms with Gasteiger partial charge >= 0.3 is 5.97 Å². The van der Waals surface area contributed by atoms with Crippen molar-refractivity contribution in [2.45, 2.75) is 32.0 Å². The van der Waals surface area contributed by atoms with E-state index in [1.165, 1.54) is 5.56 Å². The fourth-order valence-corrected chi connectivity index (χ4v) is 3.86. The van der Waals surface area contributed by atoms with Crippen LogP contribution in [0.25, 0.3) is 11.0 Å². The molecule has 0 bridgehead atoms. The van der Waals surface area contributed by atoms with E-state index in [0.717, 1.165) is 29.8 Å². The smallest absolute Gasteiger partial charge is 0.320 e. The molecular weight excluding hydrogens is 350 g/mol. The van der Waals surface area contributed by atoms with Crippen LogP contribution in [0.15, 0.2) is 48.5 Å². The first kappa shape index (κ1) is 17.1.